The monoisotopic (exact) mass is 641 g/mol. The predicted octanol–water partition coefficient (Wildman–Crippen LogP) is 6.44. The van der Waals surface area contributed by atoms with E-state index in [0.29, 0.717) is 16.7 Å². The maximum absolute atomic E-state index is 13.6. The summed E-state index contributed by atoms with van der Waals surface area (Å²) >= 11 is 0. The smallest absolute Gasteiger partial charge is 0.296 e. The van der Waals surface area contributed by atoms with E-state index in [2.05, 4.69) is 31.5 Å². The largest absolute Gasteiger partial charge is 0.338 e. The predicted molar refractivity (Wildman–Crippen MR) is 163 cm³/mol. The fourth-order valence-corrected chi connectivity index (χ4v) is 6.01. The van der Waals surface area contributed by atoms with Gasteiger partial charge in [0.15, 0.2) is 5.69 Å². The molecule has 0 amide bonds. The van der Waals surface area contributed by atoms with Gasteiger partial charge in [-0.15, -0.1) is 20.5 Å². The van der Waals surface area contributed by atoms with Gasteiger partial charge in [0.25, 0.3) is 25.8 Å². The first-order valence-electron chi connectivity index (χ1n) is 12.9. The standard InChI is InChI=1S/C29H19N7O7S2/c1-16-20(15-30)28-31-23-6-2-4-8-25(23)36(28)29(37)27(16)35-33-22-13-12-21(18-11-10-17(14-19(18)22)44(38,39)40)32-34-24-7-3-5-9-26(24)45(41,42)43/h2-14,31H,1H3,(H,38,39,40)(H,41,42,43). The molecule has 0 atom stereocenters. The molecule has 0 saturated carbocycles. The molecule has 14 nitrogen and oxygen atoms in total. The first-order valence-corrected chi connectivity index (χ1v) is 15.8. The number of fused-ring (bicyclic) bond motifs is 4. The van der Waals surface area contributed by atoms with Crippen molar-refractivity contribution in [1.29, 1.82) is 5.26 Å². The molecule has 0 aliphatic rings. The molecule has 0 aliphatic carbocycles. The van der Waals surface area contributed by atoms with Gasteiger partial charge in [-0.25, -0.2) is 0 Å². The van der Waals surface area contributed by atoms with Crippen molar-refractivity contribution in [3.63, 3.8) is 0 Å². The van der Waals surface area contributed by atoms with Gasteiger partial charge in [-0.2, -0.15) is 22.1 Å². The Kier molecular flexibility index (Phi) is 7.10. The number of nitrogens with one attached hydrogen (secondary N) is 1. The van der Waals surface area contributed by atoms with Crippen molar-refractivity contribution in [2.24, 2.45) is 20.5 Å². The van der Waals surface area contributed by atoms with Crippen LogP contribution in [0.15, 0.2) is 114 Å². The molecule has 0 fully saturated rings. The number of nitrogens with zero attached hydrogens (tertiary/aromatic N) is 6. The number of H-pyrrole nitrogens is 1. The van der Waals surface area contributed by atoms with Crippen molar-refractivity contribution < 1.29 is 25.9 Å². The number of pyridine rings is 1. The number of nitriles is 1. The zero-order chi connectivity index (χ0) is 32.1. The highest BCUT2D eigenvalue weighted by Gasteiger charge is 2.20. The Hall–Kier alpha value is -5.60. The topological polar surface area (TPSA) is 219 Å². The van der Waals surface area contributed by atoms with Crippen LogP contribution in [0.5, 0.6) is 0 Å². The number of hydrogen-bond acceptors (Lipinski definition) is 10. The fourth-order valence-electron chi connectivity index (χ4n) is 4.88. The van der Waals surface area contributed by atoms with Gasteiger partial charge in [-0.05, 0) is 55.5 Å². The average Bonchev–Trinajstić information content (AvgIpc) is 3.39. The molecule has 0 bridgehead atoms. The maximum Gasteiger partial charge on any atom is 0.296 e. The number of para-hydroxylation sites is 2. The van der Waals surface area contributed by atoms with Crippen LogP contribution in [-0.4, -0.2) is 35.3 Å². The molecule has 224 valence electrons. The van der Waals surface area contributed by atoms with E-state index in [-0.39, 0.29) is 44.6 Å². The third kappa shape index (κ3) is 5.25. The van der Waals surface area contributed by atoms with Crippen LogP contribution in [0.4, 0.5) is 22.7 Å². The molecule has 2 heterocycles. The summed E-state index contributed by atoms with van der Waals surface area (Å²) in [6.45, 7) is 1.56. The summed E-state index contributed by atoms with van der Waals surface area (Å²) < 4.78 is 68.0. The zero-order valence-electron chi connectivity index (χ0n) is 22.9. The Morgan fingerprint density at radius 1 is 0.778 bits per heavy atom. The molecular weight excluding hydrogens is 622 g/mol. The van der Waals surface area contributed by atoms with Crippen LogP contribution in [0.25, 0.3) is 27.5 Å². The molecule has 0 unspecified atom stereocenters. The van der Waals surface area contributed by atoms with E-state index in [0.717, 1.165) is 18.2 Å². The molecule has 16 heteroatoms. The van der Waals surface area contributed by atoms with E-state index < -0.39 is 35.6 Å². The van der Waals surface area contributed by atoms with Crippen LogP contribution in [0.1, 0.15) is 11.1 Å². The summed E-state index contributed by atoms with van der Waals surface area (Å²) in [6.07, 6.45) is 0. The highest BCUT2D eigenvalue weighted by atomic mass is 32.2. The molecule has 2 aromatic heterocycles. The second-order valence-corrected chi connectivity index (χ2v) is 12.5. The molecule has 0 spiro atoms. The van der Waals surface area contributed by atoms with Crippen LogP contribution >= 0.6 is 0 Å². The van der Waals surface area contributed by atoms with E-state index >= 15 is 0 Å². The van der Waals surface area contributed by atoms with Crippen LogP contribution < -0.4 is 5.56 Å². The van der Waals surface area contributed by atoms with Crippen LogP contribution in [0.2, 0.25) is 0 Å². The average molecular weight is 642 g/mol. The van der Waals surface area contributed by atoms with Gasteiger partial charge in [0.2, 0.25) is 0 Å². The number of azo groups is 2. The Morgan fingerprint density at radius 2 is 1.42 bits per heavy atom. The van der Waals surface area contributed by atoms with Crippen LogP contribution in [0.3, 0.4) is 0 Å². The van der Waals surface area contributed by atoms with Crippen molar-refractivity contribution in [1.82, 2.24) is 9.38 Å². The first-order chi connectivity index (χ1) is 21.4. The lowest BCUT2D eigenvalue weighted by atomic mass is 10.1. The molecular formula is C29H19N7O7S2. The minimum Gasteiger partial charge on any atom is -0.338 e. The molecule has 4 aromatic carbocycles. The first kappa shape index (κ1) is 29.5. The summed E-state index contributed by atoms with van der Waals surface area (Å²) in [6, 6.07) is 20.9. The summed E-state index contributed by atoms with van der Waals surface area (Å²) in [5.74, 6) is 0. The van der Waals surface area contributed by atoms with E-state index in [1.807, 2.05) is 0 Å². The number of aromatic nitrogens is 2. The number of rotatable bonds is 6. The van der Waals surface area contributed by atoms with Crippen molar-refractivity contribution in [3.05, 3.63) is 100 Å². The lowest BCUT2D eigenvalue weighted by molar-refractivity contribution is 0.481. The Labute approximate surface area is 254 Å². The van der Waals surface area contributed by atoms with Crippen molar-refractivity contribution >= 4 is 70.4 Å². The van der Waals surface area contributed by atoms with Gasteiger partial charge >= 0.3 is 0 Å². The summed E-state index contributed by atoms with van der Waals surface area (Å²) in [7, 11) is -9.25. The Bertz CT molecular complexity index is 2600. The number of hydrogen-bond donors (Lipinski definition) is 3. The highest BCUT2D eigenvalue weighted by Crippen LogP contribution is 2.37. The lowest BCUT2D eigenvalue weighted by Crippen LogP contribution is -2.14. The van der Waals surface area contributed by atoms with E-state index in [1.165, 1.54) is 40.8 Å². The van der Waals surface area contributed by atoms with Gasteiger partial charge in [-0.3, -0.25) is 18.3 Å². The van der Waals surface area contributed by atoms with Gasteiger partial charge in [0, 0.05) is 16.3 Å². The third-order valence-corrected chi connectivity index (χ3v) is 8.76. The SMILES string of the molecule is Cc1c(N=Nc2ccc(N=Nc3ccccc3S(=O)(=O)O)c3ccc(S(=O)(=O)O)cc23)c(=O)n2c([nH]c3ccccc32)c1C#N. The minimum absolute atomic E-state index is 0.0779. The highest BCUT2D eigenvalue weighted by molar-refractivity contribution is 7.86. The molecule has 45 heavy (non-hydrogen) atoms. The van der Waals surface area contributed by atoms with Crippen LogP contribution in [-0.2, 0) is 20.2 Å². The third-order valence-electron chi connectivity index (χ3n) is 7.01. The molecule has 6 aromatic rings. The minimum atomic E-state index is -4.64. The van der Waals surface area contributed by atoms with E-state index in [1.54, 1.807) is 31.2 Å². The van der Waals surface area contributed by atoms with E-state index in [9.17, 15) is 36.0 Å². The summed E-state index contributed by atoms with van der Waals surface area (Å²) in [5, 5.41) is 26.8. The molecule has 0 saturated heterocycles. The maximum atomic E-state index is 13.6. The summed E-state index contributed by atoms with van der Waals surface area (Å²) in [4.78, 5) is 15.8. The summed E-state index contributed by atoms with van der Waals surface area (Å²) in [5.41, 5.74) is 1.31. The van der Waals surface area contributed by atoms with Crippen molar-refractivity contribution in [3.8, 4) is 6.07 Å². The van der Waals surface area contributed by atoms with Gasteiger partial charge in [0.05, 0.1) is 32.9 Å². The van der Waals surface area contributed by atoms with Crippen molar-refractivity contribution in [2.75, 3.05) is 0 Å². The molecule has 3 N–H and O–H groups in total. The van der Waals surface area contributed by atoms with Crippen molar-refractivity contribution in [2.45, 2.75) is 16.7 Å². The normalized spacial score (nSPS) is 12.6. The number of imidazole rings is 1. The van der Waals surface area contributed by atoms with Gasteiger partial charge < -0.3 is 4.98 Å². The molecule has 6 rings (SSSR count). The molecule has 0 radical (unpaired) electrons. The Morgan fingerprint density at radius 3 is 2.13 bits per heavy atom. The fraction of sp³-hybridized carbons (Fsp3) is 0.0345. The zero-order valence-corrected chi connectivity index (χ0v) is 24.6. The van der Waals surface area contributed by atoms with Gasteiger partial charge in [-0.1, -0.05) is 30.3 Å². The second-order valence-electron chi connectivity index (χ2n) is 9.72. The quantitative estimate of drug-likeness (QED) is 0.135. The lowest BCUT2D eigenvalue weighted by Gasteiger charge is -2.08. The van der Waals surface area contributed by atoms with Crippen LogP contribution in [0, 0.1) is 18.3 Å². The molecule has 0 aliphatic heterocycles. The Balaban J connectivity index is 1.53. The second kappa shape index (κ2) is 10.8. The van der Waals surface area contributed by atoms with E-state index in [4.69, 9.17) is 0 Å². The number of aromatic amines is 1. The van der Waals surface area contributed by atoms with Gasteiger partial charge in [0.1, 0.15) is 22.3 Å². The number of benzene rings is 4.